The normalized spacial score (nSPS) is 26.1. The molecule has 20 heavy (non-hydrogen) atoms. The number of amides is 1. The summed E-state index contributed by atoms with van der Waals surface area (Å²) in [5, 5.41) is 0. The Balaban J connectivity index is 1.83. The van der Waals surface area contributed by atoms with Crippen molar-refractivity contribution >= 4 is 17.3 Å². The minimum atomic E-state index is -0.447. The largest absolute Gasteiger partial charge is 0.396 e. The monoisotopic (exact) mass is 273 g/mol. The van der Waals surface area contributed by atoms with Crippen LogP contribution in [0.2, 0.25) is 0 Å². The van der Waals surface area contributed by atoms with Crippen LogP contribution < -0.4 is 16.4 Å². The van der Waals surface area contributed by atoms with Crippen molar-refractivity contribution in [3.05, 3.63) is 23.8 Å². The molecule has 2 unspecified atom stereocenters. The number of nitrogens with zero attached hydrogens (tertiary/aromatic N) is 1. The molecule has 4 N–H and O–H groups in total. The lowest BCUT2D eigenvalue weighted by atomic mass is 9.75. The van der Waals surface area contributed by atoms with Gasteiger partial charge in [-0.15, -0.1) is 0 Å². The summed E-state index contributed by atoms with van der Waals surface area (Å²) in [6.07, 6.45) is 6.70. The number of carbonyl (C=O) groups excluding carboxylic acids is 1. The van der Waals surface area contributed by atoms with Gasteiger partial charge >= 0.3 is 0 Å². The van der Waals surface area contributed by atoms with E-state index in [1.807, 2.05) is 12.1 Å². The van der Waals surface area contributed by atoms with Crippen molar-refractivity contribution in [3.8, 4) is 0 Å². The van der Waals surface area contributed by atoms with Gasteiger partial charge in [0.25, 0.3) is 5.91 Å². The Morgan fingerprint density at radius 1 is 1.15 bits per heavy atom. The van der Waals surface area contributed by atoms with Gasteiger partial charge in [-0.25, -0.2) is 0 Å². The van der Waals surface area contributed by atoms with E-state index < -0.39 is 5.91 Å². The molecular formula is C16H23N3O. The molecule has 4 heteroatoms. The van der Waals surface area contributed by atoms with Crippen LogP contribution in [0.15, 0.2) is 18.2 Å². The van der Waals surface area contributed by atoms with Gasteiger partial charge in [0.15, 0.2) is 0 Å². The summed E-state index contributed by atoms with van der Waals surface area (Å²) in [5.41, 5.74) is 13.5. The first-order valence-corrected chi connectivity index (χ1v) is 7.60. The summed E-state index contributed by atoms with van der Waals surface area (Å²) in [6.45, 7) is 2.10. The lowest BCUT2D eigenvalue weighted by Crippen LogP contribution is -2.42. The van der Waals surface area contributed by atoms with Crippen LogP contribution in [0.5, 0.6) is 0 Å². The van der Waals surface area contributed by atoms with Crippen LogP contribution in [0.25, 0.3) is 0 Å². The molecule has 1 aliphatic heterocycles. The van der Waals surface area contributed by atoms with Crippen LogP contribution >= 0.6 is 0 Å². The predicted octanol–water partition coefficient (Wildman–Crippen LogP) is 2.38. The Morgan fingerprint density at radius 2 is 1.90 bits per heavy atom. The number of fused-ring (bicyclic) bond motifs is 1. The van der Waals surface area contributed by atoms with E-state index in [9.17, 15) is 4.79 Å². The van der Waals surface area contributed by atoms with E-state index in [0.29, 0.717) is 11.3 Å². The lowest BCUT2D eigenvalue weighted by Gasteiger charge is -2.42. The van der Waals surface area contributed by atoms with Crippen molar-refractivity contribution in [1.82, 2.24) is 0 Å². The topological polar surface area (TPSA) is 72.4 Å². The van der Waals surface area contributed by atoms with E-state index >= 15 is 0 Å². The molecule has 0 spiro atoms. The SMILES string of the molecule is NC(=O)c1cccc(N2CCC3CCCCC3C2)c1N. The Hall–Kier alpha value is -1.71. The van der Waals surface area contributed by atoms with Gasteiger partial charge in [0, 0.05) is 13.1 Å². The highest BCUT2D eigenvalue weighted by Crippen LogP contribution is 2.39. The standard InChI is InChI=1S/C16H23N3O/c17-15-13(16(18)20)6-3-7-14(15)19-9-8-11-4-1-2-5-12(11)10-19/h3,6-7,11-12H,1-2,4-5,8-10,17H2,(H2,18,20). The fraction of sp³-hybridized carbons (Fsp3) is 0.562. The second kappa shape index (κ2) is 5.35. The van der Waals surface area contributed by atoms with Crippen LogP contribution in [0.3, 0.4) is 0 Å². The third kappa shape index (κ3) is 2.35. The Morgan fingerprint density at radius 3 is 2.65 bits per heavy atom. The molecule has 1 saturated carbocycles. The summed E-state index contributed by atoms with van der Waals surface area (Å²) in [7, 11) is 0. The van der Waals surface area contributed by atoms with Crippen LogP contribution in [-0.2, 0) is 0 Å². The number of carbonyl (C=O) groups is 1. The number of benzene rings is 1. The molecule has 1 saturated heterocycles. The summed E-state index contributed by atoms with van der Waals surface area (Å²) in [5.74, 6) is 1.23. The van der Waals surface area contributed by atoms with Crippen LogP contribution in [0.4, 0.5) is 11.4 Å². The van der Waals surface area contributed by atoms with Crippen LogP contribution in [0.1, 0.15) is 42.5 Å². The van der Waals surface area contributed by atoms with Gasteiger partial charge < -0.3 is 16.4 Å². The molecule has 1 aliphatic carbocycles. The highest BCUT2D eigenvalue weighted by Gasteiger charge is 2.31. The molecule has 1 aromatic rings. The van der Waals surface area contributed by atoms with Crippen LogP contribution in [-0.4, -0.2) is 19.0 Å². The highest BCUT2D eigenvalue weighted by atomic mass is 16.1. The number of piperidine rings is 1. The first kappa shape index (κ1) is 13.3. The molecular weight excluding hydrogens is 250 g/mol. The number of hydrogen-bond acceptors (Lipinski definition) is 3. The molecule has 1 heterocycles. The fourth-order valence-electron chi connectivity index (χ4n) is 3.86. The number of para-hydroxylation sites is 1. The molecule has 108 valence electrons. The van der Waals surface area contributed by atoms with E-state index in [0.717, 1.165) is 30.6 Å². The molecule has 0 radical (unpaired) electrons. The van der Waals surface area contributed by atoms with Gasteiger partial charge in [-0.3, -0.25) is 4.79 Å². The summed E-state index contributed by atoms with van der Waals surface area (Å²) in [4.78, 5) is 13.8. The molecule has 2 fully saturated rings. The van der Waals surface area contributed by atoms with E-state index in [1.165, 1.54) is 32.1 Å². The minimum absolute atomic E-state index is 0.438. The highest BCUT2D eigenvalue weighted by molar-refractivity contribution is 6.00. The van der Waals surface area contributed by atoms with Gasteiger partial charge in [0.2, 0.25) is 0 Å². The molecule has 2 atom stereocenters. The van der Waals surface area contributed by atoms with Crippen molar-refractivity contribution in [1.29, 1.82) is 0 Å². The maximum absolute atomic E-state index is 11.4. The van der Waals surface area contributed by atoms with Crippen molar-refractivity contribution in [2.24, 2.45) is 17.6 Å². The molecule has 4 nitrogen and oxygen atoms in total. The van der Waals surface area contributed by atoms with Gasteiger partial charge in [-0.1, -0.05) is 25.3 Å². The van der Waals surface area contributed by atoms with Crippen molar-refractivity contribution < 1.29 is 4.79 Å². The summed E-state index contributed by atoms with van der Waals surface area (Å²) in [6, 6.07) is 5.58. The van der Waals surface area contributed by atoms with Gasteiger partial charge in [-0.2, -0.15) is 0 Å². The molecule has 0 bridgehead atoms. The number of hydrogen-bond donors (Lipinski definition) is 2. The lowest BCUT2D eigenvalue weighted by molar-refractivity contribution is 0.100. The van der Waals surface area contributed by atoms with E-state index in [2.05, 4.69) is 4.90 Å². The van der Waals surface area contributed by atoms with E-state index in [-0.39, 0.29) is 0 Å². The third-order valence-corrected chi connectivity index (χ3v) is 4.98. The second-order valence-electron chi connectivity index (χ2n) is 6.14. The van der Waals surface area contributed by atoms with E-state index in [1.54, 1.807) is 6.07 Å². The van der Waals surface area contributed by atoms with Gasteiger partial charge in [0.05, 0.1) is 16.9 Å². The summed E-state index contributed by atoms with van der Waals surface area (Å²) < 4.78 is 0. The van der Waals surface area contributed by atoms with Crippen molar-refractivity contribution in [2.45, 2.75) is 32.1 Å². The average molecular weight is 273 g/mol. The Bertz CT molecular complexity index is 514. The molecule has 2 aliphatic rings. The van der Waals surface area contributed by atoms with Gasteiger partial charge in [0.1, 0.15) is 0 Å². The van der Waals surface area contributed by atoms with Gasteiger partial charge in [-0.05, 0) is 36.8 Å². The fourth-order valence-corrected chi connectivity index (χ4v) is 3.86. The molecule has 0 aromatic heterocycles. The first-order chi connectivity index (χ1) is 9.66. The zero-order valence-corrected chi connectivity index (χ0v) is 11.8. The number of nitrogen functional groups attached to an aromatic ring is 1. The Kier molecular flexibility index (Phi) is 3.55. The molecule has 3 rings (SSSR count). The third-order valence-electron chi connectivity index (χ3n) is 4.98. The molecule has 1 amide bonds. The van der Waals surface area contributed by atoms with Crippen molar-refractivity contribution in [2.75, 3.05) is 23.7 Å². The second-order valence-corrected chi connectivity index (χ2v) is 6.14. The Labute approximate surface area is 120 Å². The smallest absolute Gasteiger partial charge is 0.250 e. The zero-order valence-electron chi connectivity index (χ0n) is 11.8. The zero-order chi connectivity index (χ0) is 14.1. The predicted molar refractivity (Wildman–Crippen MR) is 81.7 cm³/mol. The molecule has 1 aromatic carbocycles. The first-order valence-electron chi connectivity index (χ1n) is 7.60. The number of anilines is 2. The van der Waals surface area contributed by atoms with Crippen molar-refractivity contribution in [3.63, 3.8) is 0 Å². The minimum Gasteiger partial charge on any atom is -0.396 e. The maximum Gasteiger partial charge on any atom is 0.250 e. The number of rotatable bonds is 2. The average Bonchev–Trinajstić information content (AvgIpc) is 2.46. The van der Waals surface area contributed by atoms with E-state index in [4.69, 9.17) is 11.5 Å². The van der Waals surface area contributed by atoms with Crippen LogP contribution in [0, 0.1) is 11.8 Å². The quantitative estimate of drug-likeness (QED) is 0.813. The number of nitrogens with two attached hydrogens (primary N) is 2. The summed E-state index contributed by atoms with van der Waals surface area (Å²) >= 11 is 0. The number of primary amides is 1. The maximum atomic E-state index is 11.4.